The van der Waals surface area contributed by atoms with Crippen molar-refractivity contribution in [1.29, 1.82) is 0 Å². The van der Waals surface area contributed by atoms with Crippen LogP contribution in [0.15, 0.2) is 24.3 Å². The van der Waals surface area contributed by atoms with E-state index in [1.54, 1.807) is 0 Å². The number of amides is 1. The predicted molar refractivity (Wildman–Crippen MR) is 98.8 cm³/mol. The van der Waals surface area contributed by atoms with Crippen LogP contribution in [-0.2, 0) is 17.8 Å². The molecule has 1 unspecified atom stereocenters. The second kappa shape index (κ2) is 8.19. The number of hydrogen-bond acceptors (Lipinski definition) is 4. The number of likely N-dealkylation sites (tertiary alicyclic amines) is 1. The van der Waals surface area contributed by atoms with Gasteiger partial charge in [-0.2, -0.15) is 5.10 Å². The fourth-order valence-corrected chi connectivity index (χ4v) is 3.95. The SMILES string of the molecule is O=C(NCC(c1ccc(F)cc1)N1CCCCC1)c1n[nH]c2c1COCC2. The third kappa shape index (κ3) is 4.04. The Bertz CT molecular complexity index is 784. The molecular weight excluding hydrogens is 347 g/mol. The standard InChI is InChI=1S/C20H25FN4O2/c21-15-6-4-14(5-7-15)18(25-9-2-1-3-10-25)12-22-20(26)19-16-13-27-11-8-17(16)23-24-19/h4-7,18H,1-3,8-13H2,(H,22,26)(H,23,24). The monoisotopic (exact) mass is 372 g/mol. The van der Waals surface area contributed by atoms with Crippen LogP contribution in [0.25, 0.3) is 0 Å². The summed E-state index contributed by atoms with van der Waals surface area (Å²) in [4.78, 5) is 15.1. The van der Waals surface area contributed by atoms with Gasteiger partial charge in [-0.05, 0) is 43.6 Å². The van der Waals surface area contributed by atoms with Crippen molar-refractivity contribution in [2.24, 2.45) is 0 Å². The minimum absolute atomic E-state index is 0.0286. The van der Waals surface area contributed by atoms with Gasteiger partial charge >= 0.3 is 0 Å². The molecule has 27 heavy (non-hydrogen) atoms. The van der Waals surface area contributed by atoms with Gasteiger partial charge in [0, 0.05) is 24.2 Å². The highest BCUT2D eigenvalue weighted by Crippen LogP contribution is 2.25. The average Bonchev–Trinajstić information content (AvgIpc) is 3.14. The first-order valence-corrected chi connectivity index (χ1v) is 9.64. The van der Waals surface area contributed by atoms with Crippen molar-refractivity contribution in [3.05, 3.63) is 52.6 Å². The van der Waals surface area contributed by atoms with Crippen molar-refractivity contribution in [3.8, 4) is 0 Å². The first kappa shape index (κ1) is 18.1. The maximum absolute atomic E-state index is 13.3. The molecule has 0 aliphatic carbocycles. The Balaban J connectivity index is 1.48. The maximum Gasteiger partial charge on any atom is 0.272 e. The Morgan fingerprint density at radius 1 is 1.26 bits per heavy atom. The van der Waals surface area contributed by atoms with E-state index in [9.17, 15) is 9.18 Å². The molecule has 0 saturated carbocycles. The van der Waals surface area contributed by atoms with Gasteiger partial charge in [-0.1, -0.05) is 18.6 Å². The molecule has 1 aromatic heterocycles. The zero-order valence-corrected chi connectivity index (χ0v) is 15.3. The van der Waals surface area contributed by atoms with Crippen LogP contribution >= 0.6 is 0 Å². The Labute approximate surface area is 158 Å². The van der Waals surface area contributed by atoms with Crippen LogP contribution < -0.4 is 5.32 Å². The van der Waals surface area contributed by atoms with Crippen molar-refractivity contribution in [1.82, 2.24) is 20.4 Å². The fraction of sp³-hybridized carbons (Fsp3) is 0.500. The van der Waals surface area contributed by atoms with E-state index in [1.807, 2.05) is 12.1 Å². The van der Waals surface area contributed by atoms with E-state index in [-0.39, 0.29) is 17.8 Å². The lowest BCUT2D eigenvalue weighted by Crippen LogP contribution is -2.41. The summed E-state index contributed by atoms with van der Waals surface area (Å²) in [7, 11) is 0. The summed E-state index contributed by atoms with van der Waals surface area (Å²) in [5, 5.41) is 10.2. The zero-order chi connectivity index (χ0) is 18.6. The number of nitrogens with zero attached hydrogens (tertiary/aromatic N) is 2. The van der Waals surface area contributed by atoms with Gasteiger partial charge in [0.05, 0.1) is 19.3 Å². The number of fused-ring (bicyclic) bond motifs is 1. The lowest BCUT2D eigenvalue weighted by atomic mass is 10.0. The molecule has 2 aliphatic rings. The molecule has 6 nitrogen and oxygen atoms in total. The molecule has 1 amide bonds. The van der Waals surface area contributed by atoms with Crippen LogP contribution in [0.1, 0.15) is 52.6 Å². The van der Waals surface area contributed by atoms with E-state index in [2.05, 4.69) is 20.4 Å². The lowest BCUT2D eigenvalue weighted by Gasteiger charge is -2.35. The molecule has 144 valence electrons. The molecule has 2 aromatic rings. The summed E-state index contributed by atoms with van der Waals surface area (Å²) >= 11 is 0. The number of carbonyl (C=O) groups excluding carboxylic acids is 1. The topological polar surface area (TPSA) is 70.2 Å². The van der Waals surface area contributed by atoms with Gasteiger partial charge in [-0.3, -0.25) is 14.8 Å². The zero-order valence-electron chi connectivity index (χ0n) is 15.3. The molecule has 1 fully saturated rings. The Morgan fingerprint density at radius 2 is 2.04 bits per heavy atom. The van der Waals surface area contributed by atoms with Crippen LogP contribution in [-0.4, -0.2) is 47.2 Å². The van der Waals surface area contributed by atoms with Crippen molar-refractivity contribution < 1.29 is 13.9 Å². The van der Waals surface area contributed by atoms with E-state index in [1.165, 1.54) is 18.6 Å². The first-order valence-electron chi connectivity index (χ1n) is 9.64. The smallest absolute Gasteiger partial charge is 0.272 e. The minimum atomic E-state index is -0.247. The third-order valence-electron chi connectivity index (χ3n) is 5.45. The second-order valence-electron chi connectivity index (χ2n) is 7.21. The Morgan fingerprint density at radius 3 is 2.81 bits per heavy atom. The maximum atomic E-state index is 13.3. The number of halogens is 1. The number of carbonyl (C=O) groups is 1. The number of piperidine rings is 1. The number of benzene rings is 1. The third-order valence-corrected chi connectivity index (χ3v) is 5.45. The van der Waals surface area contributed by atoms with Crippen LogP contribution in [0.2, 0.25) is 0 Å². The number of rotatable bonds is 5. The molecule has 2 aliphatic heterocycles. The number of hydrogen-bond donors (Lipinski definition) is 2. The van der Waals surface area contributed by atoms with Gasteiger partial charge in [0.15, 0.2) is 5.69 Å². The van der Waals surface area contributed by atoms with Crippen LogP contribution in [0.3, 0.4) is 0 Å². The highest BCUT2D eigenvalue weighted by Gasteiger charge is 2.26. The molecule has 0 bridgehead atoms. The van der Waals surface area contributed by atoms with Gasteiger partial charge in [-0.15, -0.1) is 0 Å². The van der Waals surface area contributed by atoms with E-state index >= 15 is 0 Å². The Kier molecular flexibility index (Phi) is 5.50. The van der Waals surface area contributed by atoms with Crippen molar-refractivity contribution >= 4 is 5.91 Å². The van der Waals surface area contributed by atoms with E-state index in [0.717, 1.165) is 49.2 Å². The summed E-state index contributed by atoms with van der Waals surface area (Å²) in [6.45, 7) is 3.51. The lowest BCUT2D eigenvalue weighted by molar-refractivity contribution is 0.0899. The minimum Gasteiger partial charge on any atom is -0.376 e. The average molecular weight is 372 g/mol. The summed E-state index contributed by atoms with van der Waals surface area (Å²) in [5.74, 6) is -0.439. The number of nitrogens with one attached hydrogen (secondary N) is 2. The van der Waals surface area contributed by atoms with Gasteiger partial charge in [0.1, 0.15) is 5.82 Å². The Hall–Kier alpha value is -2.25. The molecule has 1 aromatic carbocycles. The largest absolute Gasteiger partial charge is 0.376 e. The highest BCUT2D eigenvalue weighted by molar-refractivity contribution is 5.94. The molecule has 4 rings (SSSR count). The predicted octanol–water partition coefficient (Wildman–Crippen LogP) is 2.58. The van der Waals surface area contributed by atoms with Crippen molar-refractivity contribution in [2.75, 3.05) is 26.2 Å². The quantitative estimate of drug-likeness (QED) is 0.846. The summed E-state index contributed by atoms with van der Waals surface area (Å²) in [6, 6.07) is 6.61. The number of aromatic nitrogens is 2. The molecule has 1 atom stereocenters. The van der Waals surface area contributed by atoms with E-state index in [0.29, 0.717) is 25.5 Å². The van der Waals surface area contributed by atoms with Crippen LogP contribution in [0.5, 0.6) is 0 Å². The molecule has 2 N–H and O–H groups in total. The van der Waals surface area contributed by atoms with Crippen LogP contribution in [0, 0.1) is 5.82 Å². The van der Waals surface area contributed by atoms with Gasteiger partial charge in [0.2, 0.25) is 0 Å². The molecule has 3 heterocycles. The number of aromatic amines is 1. The summed E-state index contributed by atoms with van der Waals surface area (Å²) < 4.78 is 18.8. The van der Waals surface area contributed by atoms with E-state index in [4.69, 9.17) is 4.74 Å². The molecule has 0 spiro atoms. The second-order valence-corrected chi connectivity index (χ2v) is 7.21. The van der Waals surface area contributed by atoms with E-state index < -0.39 is 0 Å². The molecule has 7 heteroatoms. The van der Waals surface area contributed by atoms with Gasteiger partial charge in [0.25, 0.3) is 5.91 Å². The molecular formula is C20H25FN4O2. The number of H-pyrrole nitrogens is 1. The van der Waals surface area contributed by atoms with Crippen molar-refractivity contribution in [2.45, 2.75) is 38.3 Å². The molecule has 1 saturated heterocycles. The summed E-state index contributed by atoms with van der Waals surface area (Å²) in [5.41, 5.74) is 3.28. The normalized spacial score (nSPS) is 18.7. The number of ether oxygens (including phenoxy) is 1. The first-order chi connectivity index (χ1) is 13.2. The van der Waals surface area contributed by atoms with Crippen LogP contribution in [0.4, 0.5) is 4.39 Å². The van der Waals surface area contributed by atoms with Gasteiger partial charge < -0.3 is 10.1 Å². The summed E-state index contributed by atoms with van der Waals surface area (Å²) in [6.07, 6.45) is 4.28. The fourth-order valence-electron chi connectivity index (χ4n) is 3.95. The molecule has 0 radical (unpaired) electrons. The highest BCUT2D eigenvalue weighted by atomic mass is 19.1. The van der Waals surface area contributed by atoms with Crippen molar-refractivity contribution in [3.63, 3.8) is 0 Å². The van der Waals surface area contributed by atoms with Gasteiger partial charge in [-0.25, -0.2) is 4.39 Å².